The van der Waals surface area contributed by atoms with Crippen LogP contribution < -0.4 is 26.6 Å². The van der Waals surface area contributed by atoms with Crippen molar-refractivity contribution in [3.63, 3.8) is 0 Å². The second-order valence-electron chi connectivity index (χ2n) is 16.1. The van der Waals surface area contributed by atoms with E-state index >= 15 is 0 Å². The van der Waals surface area contributed by atoms with E-state index in [4.69, 9.17) is 19.9 Å². The molecule has 6 N–H and O–H groups in total. The Labute approximate surface area is 428 Å². The fraction of sp³-hybridized carbons (Fsp3) is 0.239. The molecule has 25 heteroatoms. The average molecular weight is 1070 g/mol. The number of benzene rings is 1. The second kappa shape index (κ2) is 21.2. The predicted octanol–water partition coefficient (Wildman–Crippen LogP) is 6.98. The van der Waals surface area contributed by atoms with E-state index < -0.39 is 54.4 Å². The fourth-order valence-electron chi connectivity index (χ4n) is 7.28. The summed E-state index contributed by atoms with van der Waals surface area (Å²) in [7, 11) is 1.48. The number of fused-ring (bicyclic) bond motifs is 14. The van der Waals surface area contributed by atoms with Crippen molar-refractivity contribution in [1.82, 2.24) is 61.5 Å². The third-order valence-electron chi connectivity index (χ3n) is 10.9. The van der Waals surface area contributed by atoms with E-state index in [-0.39, 0.29) is 41.0 Å². The molecule has 8 heterocycles. The molecular weight excluding hydrogens is 1020 g/mol. The summed E-state index contributed by atoms with van der Waals surface area (Å²) in [6, 6.07) is 9.71. The van der Waals surface area contributed by atoms with Crippen molar-refractivity contribution in [2.45, 2.75) is 51.4 Å². The first-order chi connectivity index (χ1) is 34.3. The number of aromatic nitrogens is 7. The maximum absolute atomic E-state index is 14.1. The number of amides is 5. The number of hydrogen-bond donors (Lipinski definition) is 6. The monoisotopic (exact) mass is 1060 g/mol. The van der Waals surface area contributed by atoms with Crippen molar-refractivity contribution in [1.29, 1.82) is 0 Å². The van der Waals surface area contributed by atoms with E-state index in [9.17, 15) is 33.9 Å². The van der Waals surface area contributed by atoms with Crippen LogP contribution in [0, 0.1) is 12.8 Å². The molecule has 5 amide bonds. The number of aliphatic hydroxyl groups is 1. The number of nitrogens with one attached hydrogen (secondary N) is 5. The van der Waals surface area contributed by atoms with Crippen molar-refractivity contribution in [3.05, 3.63) is 118 Å². The molecule has 0 aliphatic carbocycles. The van der Waals surface area contributed by atoms with Crippen LogP contribution in [-0.4, -0.2) is 89.4 Å². The van der Waals surface area contributed by atoms with Gasteiger partial charge in [-0.3, -0.25) is 28.8 Å². The number of aldehydes is 1. The van der Waals surface area contributed by atoms with Crippen LogP contribution in [0.5, 0.6) is 0 Å². The van der Waals surface area contributed by atoms with Crippen molar-refractivity contribution in [2.24, 2.45) is 5.92 Å². The number of carbonyl (C=O) groups excluding carboxylic acids is 6. The highest BCUT2D eigenvalue weighted by molar-refractivity contribution is 7.15. The van der Waals surface area contributed by atoms with Crippen molar-refractivity contribution in [2.75, 3.05) is 13.6 Å². The third kappa shape index (κ3) is 10.8. The fourth-order valence-corrected chi connectivity index (χ4v) is 12.6. The smallest absolute Gasteiger partial charge is 0.271 e. The molecule has 0 spiro atoms. The summed E-state index contributed by atoms with van der Waals surface area (Å²) in [6.45, 7) is 5.03. The minimum Gasteiger partial charge on any atom is -0.386 e. The molecule has 0 radical (unpaired) electrons. The van der Waals surface area contributed by atoms with E-state index in [1.54, 1.807) is 64.8 Å². The molecular formula is C46H40N12O7S6. The number of carbonyl (C=O) groups is 6. The van der Waals surface area contributed by atoms with Crippen LogP contribution >= 0.6 is 68.0 Å². The van der Waals surface area contributed by atoms with E-state index in [1.807, 2.05) is 19.9 Å². The lowest BCUT2D eigenvalue weighted by Gasteiger charge is -2.23. The van der Waals surface area contributed by atoms with Crippen molar-refractivity contribution >= 4 is 104 Å². The van der Waals surface area contributed by atoms with Gasteiger partial charge in [-0.25, -0.2) is 34.9 Å². The standard InChI is InChI=1S/C46H40N12O7S6/c1-20(2)33-45-54-28(17-69-45)38(63)48-13-32(61)56-36(37(62)22-8-6-5-7-9-22)46-55-30(19-70-46)43-52-27(16-68-43)35-24(10-11-25(50-35)42-49-23(14-59)15-66-42)41-53-29(18-67-41)39(64)51-26(12-31(60)47-4)44-58-34(21(3)71-44)40(65)57-33/h5-11,14-20,26,33,36-37,62H,12-13H2,1-4H3,(H,47,60)(H,48,63)(H,51,64)(H,56,61)(H,57,65). The lowest BCUT2D eigenvalue weighted by Crippen LogP contribution is -2.40. The molecule has 4 atom stereocenters. The lowest BCUT2D eigenvalue weighted by atomic mass is 10.0. The Morgan fingerprint density at radius 1 is 0.690 bits per heavy atom. The quantitative estimate of drug-likeness (QED) is 0.0880. The minimum atomic E-state index is -1.23. The summed E-state index contributed by atoms with van der Waals surface area (Å²) in [4.78, 5) is 113. The van der Waals surface area contributed by atoms with Crippen LogP contribution in [0.3, 0.4) is 0 Å². The van der Waals surface area contributed by atoms with Gasteiger partial charge in [0.15, 0.2) is 6.29 Å². The van der Waals surface area contributed by atoms with E-state index in [1.165, 1.54) is 69.1 Å². The van der Waals surface area contributed by atoms with E-state index in [0.717, 1.165) is 11.3 Å². The Hall–Kier alpha value is -6.87. The van der Waals surface area contributed by atoms with Crippen LogP contribution in [0.4, 0.5) is 0 Å². The van der Waals surface area contributed by atoms with Gasteiger partial charge in [-0.1, -0.05) is 44.2 Å². The van der Waals surface area contributed by atoms with Gasteiger partial charge in [-0.2, -0.15) is 0 Å². The molecule has 0 fully saturated rings. The molecule has 1 aliphatic rings. The van der Waals surface area contributed by atoms with Crippen molar-refractivity contribution < 1.29 is 33.9 Å². The molecule has 0 saturated carbocycles. The summed E-state index contributed by atoms with van der Waals surface area (Å²) in [5.74, 6) is -2.91. The van der Waals surface area contributed by atoms with E-state index in [2.05, 4.69) is 41.5 Å². The minimum absolute atomic E-state index is 0.0336. The zero-order valence-electron chi connectivity index (χ0n) is 37.8. The maximum Gasteiger partial charge on any atom is 0.271 e. The Balaban J connectivity index is 1.12. The molecule has 7 aromatic heterocycles. The normalized spacial score (nSPS) is 17.1. The third-order valence-corrected chi connectivity index (χ3v) is 16.5. The first-order valence-corrected chi connectivity index (χ1v) is 26.8. The lowest BCUT2D eigenvalue weighted by molar-refractivity contribution is -0.122. The topological polar surface area (TPSA) is 273 Å². The molecule has 9 rings (SSSR count). The van der Waals surface area contributed by atoms with Crippen LogP contribution in [0.25, 0.3) is 43.4 Å². The summed E-state index contributed by atoms with van der Waals surface area (Å²) in [5, 5.41) is 36.6. The molecule has 362 valence electrons. The summed E-state index contributed by atoms with van der Waals surface area (Å²) < 4.78 is 0. The van der Waals surface area contributed by atoms with Crippen molar-refractivity contribution in [3.8, 4) is 43.4 Å². The van der Waals surface area contributed by atoms with Crippen LogP contribution in [-0.2, 0) is 9.59 Å². The zero-order valence-corrected chi connectivity index (χ0v) is 42.7. The highest BCUT2D eigenvalue weighted by atomic mass is 32.1. The van der Waals surface area contributed by atoms with Gasteiger partial charge in [0.05, 0.1) is 30.7 Å². The number of thiazole rings is 6. The van der Waals surface area contributed by atoms with Gasteiger partial charge in [-0.05, 0) is 30.5 Å². The van der Waals surface area contributed by atoms with Gasteiger partial charge in [-0.15, -0.1) is 68.0 Å². The second-order valence-corrected chi connectivity index (χ2v) is 21.7. The molecule has 71 heavy (non-hydrogen) atoms. The number of aryl methyl sites for hydroxylation is 1. The van der Waals surface area contributed by atoms with Gasteiger partial charge in [0.1, 0.15) is 82.0 Å². The number of hydrogen-bond acceptors (Lipinski definition) is 20. The Kier molecular flexibility index (Phi) is 14.7. The molecule has 1 aromatic carbocycles. The first kappa shape index (κ1) is 49.1. The summed E-state index contributed by atoms with van der Waals surface area (Å²) in [6.07, 6.45) is -0.766. The number of rotatable bonds is 7. The maximum atomic E-state index is 14.1. The van der Waals surface area contributed by atoms with Crippen LogP contribution in [0.1, 0.15) is 112 Å². The van der Waals surface area contributed by atoms with Gasteiger partial charge in [0.2, 0.25) is 11.8 Å². The molecule has 0 saturated heterocycles. The zero-order chi connectivity index (χ0) is 49.9. The molecule has 8 aromatic rings. The Bertz CT molecular complexity index is 3300. The molecule has 10 bridgehead atoms. The average Bonchev–Trinajstić information content (AvgIpc) is 4.24. The number of nitrogens with zero attached hydrogens (tertiary/aromatic N) is 7. The SMILES string of the molecule is CNC(=O)CC1NC(=O)c2csc(n2)-c2ccc(-c3nc(C=O)cs3)nc2-c2csc(n2)-c2csc(n2)C(C(O)c2ccccc2)NC(=O)CNC(=O)c2csc(n2)C(C(C)C)NC(=O)c2nc1sc2C. The van der Waals surface area contributed by atoms with Crippen LogP contribution in [0.15, 0.2) is 69.4 Å². The van der Waals surface area contributed by atoms with Crippen LogP contribution in [0.2, 0.25) is 0 Å². The van der Waals surface area contributed by atoms with Gasteiger partial charge in [0, 0.05) is 44.4 Å². The Morgan fingerprint density at radius 3 is 2.10 bits per heavy atom. The largest absolute Gasteiger partial charge is 0.386 e. The summed E-state index contributed by atoms with van der Waals surface area (Å²) >= 11 is 7.26. The van der Waals surface area contributed by atoms with Gasteiger partial charge >= 0.3 is 0 Å². The highest BCUT2D eigenvalue weighted by Crippen LogP contribution is 2.39. The summed E-state index contributed by atoms with van der Waals surface area (Å²) in [5.41, 5.74) is 3.25. The number of aliphatic hydroxyl groups excluding tert-OH is 1. The molecule has 1 aliphatic heterocycles. The molecule has 19 nitrogen and oxygen atoms in total. The predicted molar refractivity (Wildman–Crippen MR) is 272 cm³/mol. The van der Waals surface area contributed by atoms with Gasteiger partial charge in [0.25, 0.3) is 17.7 Å². The highest BCUT2D eigenvalue weighted by Gasteiger charge is 2.32. The number of pyridine rings is 1. The molecule has 4 unspecified atom stereocenters. The Morgan fingerprint density at radius 2 is 1.35 bits per heavy atom. The van der Waals surface area contributed by atoms with Gasteiger partial charge < -0.3 is 31.7 Å². The first-order valence-electron chi connectivity index (χ1n) is 21.6. The van der Waals surface area contributed by atoms with E-state index in [0.29, 0.717) is 75.1 Å².